The molecular formula is C6H14N2O2S. The van der Waals surface area contributed by atoms with Gasteiger partial charge >= 0.3 is 0 Å². The lowest BCUT2D eigenvalue weighted by atomic mass is 10.3. The highest BCUT2D eigenvalue weighted by atomic mass is 32.2. The van der Waals surface area contributed by atoms with Crippen LogP contribution < -0.4 is 10.5 Å². The van der Waals surface area contributed by atoms with Crippen LogP contribution in [0.3, 0.4) is 0 Å². The summed E-state index contributed by atoms with van der Waals surface area (Å²) in [4.78, 5) is 0. The monoisotopic (exact) mass is 178 g/mol. The second kappa shape index (κ2) is 2.73. The molecule has 1 rings (SSSR count). The molecule has 1 aliphatic carbocycles. The van der Waals surface area contributed by atoms with Crippen LogP contribution in [-0.2, 0) is 10.0 Å². The molecule has 0 radical (unpaired) electrons. The smallest absolute Gasteiger partial charge is 0.210 e. The maximum atomic E-state index is 10.5. The van der Waals surface area contributed by atoms with E-state index < -0.39 is 10.0 Å². The lowest BCUT2D eigenvalue weighted by Crippen LogP contribution is -2.34. The van der Waals surface area contributed by atoms with Gasteiger partial charge in [0.05, 0.1) is 5.75 Å². The second-order valence-corrected chi connectivity index (χ2v) is 5.09. The van der Waals surface area contributed by atoms with Gasteiger partial charge in [-0.05, 0) is 19.8 Å². The fourth-order valence-corrected chi connectivity index (χ4v) is 1.25. The van der Waals surface area contributed by atoms with Crippen LogP contribution in [0.2, 0.25) is 0 Å². The van der Waals surface area contributed by atoms with E-state index in [1.54, 1.807) is 0 Å². The lowest BCUT2D eigenvalue weighted by molar-refractivity contribution is 0.549. The molecule has 5 heteroatoms. The van der Waals surface area contributed by atoms with E-state index in [4.69, 9.17) is 5.14 Å². The highest BCUT2D eigenvalue weighted by Crippen LogP contribution is 2.33. The predicted octanol–water partition coefficient (Wildman–Crippen LogP) is -0.583. The Labute approximate surface area is 67.2 Å². The van der Waals surface area contributed by atoms with Gasteiger partial charge in [-0.2, -0.15) is 0 Å². The van der Waals surface area contributed by atoms with E-state index in [2.05, 4.69) is 12.2 Å². The molecule has 0 aromatic heterocycles. The van der Waals surface area contributed by atoms with Gasteiger partial charge in [0.1, 0.15) is 0 Å². The van der Waals surface area contributed by atoms with Crippen LogP contribution >= 0.6 is 0 Å². The average Bonchev–Trinajstić information content (AvgIpc) is 2.44. The molecule has 0 heterocycles. The Morgan fingerprint density at radius 1 is 1.55 bits per heavy atom. The van der Waals surface area contributed by atoms with Crippen molar-refractivity contribution in [3.8, 4) is 0 Å². The largest absolute Gasteiger partial charge is 0.310 e. The van der Waals surface area contributed by atoms with Crippen LogP contribution in [0.1, 0.15) is 19.8 Å². The molecule has 0 bridgehead atoms. The Morgan fingerprint density at radius 2 is 2.09 bits per heavy atom. The summed E-state index contributed by atoms with van der Waals surface area (Å²) in [5.41, 5.74) is 0.199. The Balaban J connectivity index is 2.15. The highest BCUT2D eigenvalue weighted by Gasteiger charge is 2.36. The normalized spacial score (nSPS) is 21.6. The van der Waals surface area contributed by atoms with Gasteiger partial charge in [-0.25, -0.2) is 13.6 Å². The molecule has 3 N–H and O–H groups in total. The summed E-state index contributed by atoms with van der Waals surface area (Å²) in [7, 11) is -3.28. The zero-order valence-corrected chi connectivity index (χ0v) is 7.45. The molecule has 0 atom stereocenters. The molecule has 1 fully saturated rings. The summed E-state index contributed by atoms with van der Waals surface area (Å²) < 4.78 is 21.0. The highest BCUT2D eigenvalue weighted by molar-refractivity contribution is 7.89. The number of nitrogens with two attached hydrogens (primary N) is 1. The van der Waals surface area contributed by atoms with Crippen molar-refractivity contribution in [3.63, 3.8) is 0 Å². The standard InChI is InChI=1S/C6H14N2O2S/c1-6(2-3-6)8-4-5-11(7,9)10/h8H,2-5H2,1H3,(H2,7,9,10). The van der Waals surface area contributed by atoms with Crippen molar-refractivity contribution in [2.45, 2.75) is 25.3 Å². The van der Waals surface area contributed by atoms with Gasteiger partial charge in [0.15, 0.2) is 0 Å². The van der Waals surface area contributed by atoms with Gasteiger partial charge in [0, 0.05) is 12.1 Å². The molecule has 4 nitrogen and oxygen atoms in total. The van der Waals surface area contributed by atoms with Crippen molar-refractivity contribution in [1.82, 2.24) is 5.32 Å². The number of hydrogen-bond acceptors (Lipinski definition) is 3. The van der Waals surface area contributed by atoms with E-state index in [0.29, 0.717) is 6.54 Å². The number of hydrogen-bond donors (Lipinski definition) is 2. The Morgan fingerprint density at radius 3 is 2.45 bits per heavy atom. The first kappa shape index (κ1) is 8.96. The van der Waals surface area contributed by atoms with Crippen LogP contribution in [0.5, 0.6) is 0 Å². The summed E-state index contributed by atoms with van der Waals surface area (Å²) in [5.74, 6) is 0.0303. The van der Waals surface area contributed by atoms with Crippen LogP contribution in [-0.4, -0.2) is 26.3 Å². The summed E-state index contributed by atoms with van der Waals surface area (Å²) >= 11 is 0. The van der Waals surface area contributed by atoms with Crippen molar-refractivity contribution in [2.24, 2.45) is 5.14 Å². The molecular weight excluding hydrogens is 164 g/mol. The van der Waals surface area contributed by atoms with E-state index in [0.717, 1.165) is 12.8 Å². The number of sulfonamides is 1. The van der Waals surface area contributed by atoms with Gasteiger partial charge in [-0.1, -0.05) is 0 Å². The molecule has 11 heavy (non-hydrogen) atoms. The molecule has 0 saturated heterocycles. The lowest BCUT2D eigenvalue weighted by Gasteiger charge is -2.09. The average molecular weight is 178 g/mol. The molecule has 66 valence electrons. The Bertz CT molecular complexity index is 231. The van der Waals surface area contributed by atoms with Crippen molar-refractivity contribution in [3.05, 3.63) is 0 Å². The minimum Gasteiger partial charge on any atom is -0.310 e. The molecule has 0 amide bonds. The van der Waals surface area contributed by atoms with Crippen LogP contribution in [0.4, 0.5) is 0 Å². The summed E-state index contributed by atoms with van der Waals surface area (Å²) in [6, 6.07) is 0. The SMILES string of the molecule is CC1(NCCS(N)(=O)=O)CC1. The zero-order chi connectivity index (χ0) is 8.54. The Hall–Kier alpha value is -0.130. The molecule has 1 aliphatic rings. The van der Waals surface area contributed by atoms with E-state index in [9.17, 15) is 8.42 Å². The van der Waals surface area contributed by atoms with Gasteiger partial charge in [0.2, 0.25) is 10.0 Å². The number of nitrogens with one attached hydrogen (secondary N) is 1. The maximum Gasteiger partial charge on any atom is 0.210 e. The van der Waals surface area contributed by atoms with E-state index in [1.165, 1.54) is 0 Å². The third-order valence-corrected chi connectivity index (χ3v) is 2.71. The quantitative estimate of drug-likeness (QED) is 0.605. The number of primary sulfonamides is 1. The van der Waals surface area contributed by atoms with Gasteiger partial charge in [-0.15, -0.1) is 0 Å². The van der Waals surface area contributed by atoms with Gasteiger partial charge in [-0.3, -0.25) is 0 Å². The van der Waals surface area contributed by atoms with Crippen molar-refractivity contribution >= 4 is 10.0 Å². The minimum absolute atomic E-state index is 0.0303. The molecule has 0 spiro atoms. The van der Waals surface area contributed by atoms with Gasteiger partial charge in [0.25, 0.3) is 0 Å². The Kier molecular flexibility index (Phi) is 2.22. The molecule has 0 aliphatic heterocycles. The first-order valence-electron chi connectivity index (χ1n) is 3.67. The van der Waals surface area contributed by atoms with Crippen LogP contribution in [0.15, 0.2) is 0 Å². The first-order chi connectivity index (χ1) is 4.91. The second-order valence-electron chi connectivity index (χ2n) is 3.35. The van der Waals surface area contributed by atoms with Crippen molar-refractivity contribution < 1.29 is 8.42 Å². The molecule has 1 saturated carbocycles. The zero-order valence-electron chi connectivity index (χ0n) is 6.63. The predicted molar refractivity (Wildman–Crippen MR) is 43.6 cm³/mol. The third-order valence-electron chi connectivity index (χ3n) is 1.94. The van der Waals surface area contributed by atoms with E-state index >= 15 is 0 Å². The summed E-state index contributed by atoms with van der Waals surface area (Å²) in [6.07, 6.45) is 2.27. The fraction of sp³-hybridized carbons (Fsp3) is 1.00. The first-order valence-corrected chi connectivity index (χ1v) is 5.38. The number of rotatable bonds is 4. The van der Waals surface area contributed by atoms with Gasteiger partial charge < -0.3 is 5.32 Å². The maximum absolute atomic E-state index is 10.5. The van der Waals surface area contributed by atoms with E-state index in [-0.39, 0.29) is 11.3 Å². The molecule has 0 aromatic rings. The summed E-state index contributed by atoms with van der Waals surface area (Å²) in [6.45, 7) is 2.55. The fourth-order valence-electron chi connectivity index (χ4n) is 0.859. The third kappa shape index (κ3) is 3.69. The topological polar surface area (TPSA) is 72.2 Å². The minimum atomic E-state index is -3.28. The summed E-state index contributed by atoms with van der Waals surface area (Å²) in [5, 5.41) is 7.95. The van der Waals surface area contributed by atoms with Crippen LogP contribution in [0.25, 0.3) is 0 Å². The molecule has 0 unspecified atom stereocenters. The van der Waals surface area contributed by atoms with E-state index in [1.807, 2.05) is 0 Å². The van der Waals surface area contributed by atoms with Crippen molar-refractivity contribution in [2.75, 3.05) is 12.3 Å². The van der Waals surface area contributed by atoms with Crippen LogP contribution in [0, 0.1) is 0 Å². The van der Waals surface area contributed by atoms with Crippen molar-refractivity contribution in [1.29, 1.82) is 0 Å². The molecule has 0 aromatic carbocycles.